The molecule has 5 rings (SSSR count). The van der Waals surface area contributed by atoms with Crippen LogP contribution in [0.3, 0.4) is 0 Å². The van der Waals surface area contributed by atoms with E-state index in [0.29, 0.717) is 0 Å². The van der Waals surface area contributed by atoms with Crippen molar-refractivity contribution < 1.29 is 10.2 Å². The summed E-state index contributed by atoms with van der Waals surface area (Å²) in [5.74, 6) is 0.176. The minimum atomic E-state index is -0.260. The Labute approximate surface area is 263 Å². The lowest BCUT2D eigenvalue weighted by atomic mass is 9.70. The van der Waals surface area contributed by atoms with E-state index in [-0.39, 0.29) is 33.4 Å². The number of hydrogen-bond donors (Lipinski definition) is 6. The summed E-state index contributed by atoms with van der Waals surface area (Å²) in [7, 11) is 0. The third-order valence-corrected chi connectivity index (χ3v) is 8.55. The van der Waals surface area contributed by atoms with Crippen molar-refractivity contribution in [3.8, 4) is 11.5 Å². The van der Waals surface area contributed by atoms with Crippen LogP contribution in [0.15, 0.2) is 109 Å². The SMILES string of the molecule is CC(C)(C)C1(N)C=CC(c2ccc(N)cc2)=CC1.CC(C)(C)C1(N)C=CC(c2ccc(N)cc2)=CC1.Oc1cccc(O)c1. The van der Waals surface area contributed by atoms with E-state index in [1.54, 1.807) is 6.07 Å². The second-order valence-electron chi connectivity index (χ2n) is 13.7. The zero-order valence-corrected chi connectivity index (χ0v) is 27.0. The number of hydrogen-bond acceptors (Lipinski definition) is 6. The first-order valence-corrected chi connectivity index (χ1v) is 15.0. The summed E-state index contributed by atoms with van der Waals surface area (Å²) in [6.07, 6.45) is 14.7. The van der Waals surface area contributed by atoms with E-state index in [2.05, 4.69) is 78.0 Å². The van der Waals surface area contributed by atoms with E-state index < -0.39 is 0 Å². The van der Waals surface area contributed by atoms with E-state index >= 15 is 0 Å². The highest BCUT2D eigenvalue weighted by atomic mass is 16.3. The summed E-state index contributed by atoms with van der Waals surface area (Å²) in [5, 5.41) is 17.3. The zero-order chi connectivity index (χ0) is 32.8. The number of benzene rings is 3. The summed E-state index contributed by atoms with van der Waals surface area (Å²) in [6, 6.07) is 21.8. The fourth-order valence-electron chi connectivity index (χ4n) is 4.69. The first-order chi connectivity index (χ1) is 20.4. The maximum absolute atomic E-state index is 8.65. The lowest BCUT2D eigenvalue weighted by Crippen LogP contribution is -2.49. The molecule has 0 fully saturated rings. The van der Waals surface area contributed by atoms with Gasteiger partial charge in [-0.2, -0.15) is 0 Å². The molecule has 3 aromatic carbocycles. The van der Waals surface area contributed by atoms with Gasteiger partial charge in [0, 0.05) is 28.5 Å². The van der Waals surface area contributed by atoms with Gasteiger partial charge in [-0.25, -0.2) is 0 Å². The fourth-order valence-corrected chi connectivity index (χ4v) is 4.69. The Hall–Kier alpha value is -4.26. The number of anilines is 2. The number of rotatable bonds is 2. The van der Waals surface area contributed by atoms with Gasteiger partial charge in [0.15, 0.2) is 0 Å². The topological polar surface area (TPSA) is 145 Å². The van der Waals surface area contributed by atoms with Crippen LogP contribution in [0.5, 0.6) is 11.5 Å². The Morgan fingerprint density at radius 2 is 0.909 bits per heavy atom. The van der Waals surface area contributed by atoms with Crippen LogP contribution in [-0.4, -0.2) is 21.3 Å². The van der Waals surface area contributed by atoms with E-state index in [0.717, 1.165) is 24.2 Å². The summed E-state index contributed by atoms with van der Waals surface area (Å²) >= 11 is 0. The molecule has 44 heavy (non-hydrogen) atoms. The molecule has 0 saturated carbocycles. The van der Waals surface area contributed by atoms with Crippen LogP contribution in [-0.2, 0) is 0 Å². The molecule has 0 bridgehead atoms. The van der Waals surface area contributed by atoms with Crippen molar-refractivity contribution in [2.24, 2.45) is 22.3 Å². The first-order valence-electron chi connectivity index (χ1n) is 15.0. The highest BCUT2D eigenvalue weighted by molar-refractivity contribution is 5.77. The van der Waals surface area contributed by atoms with Crippen molar-refractivity contribution in [3.63, 3.8) is 0 Å². The smallest absolute Gasteiger partial charge is 0.119 e. The second-order valence-corrected chi connectivity index (χ2v) is 13.7. The predicted octanol–water partition coefficient (Wildman–Crippen LogP) is 7.81. The van der Waals surface area contributed by atoms with Gasteiger partial charge in [-0.1, -0.05) is 108 Å². The highest BCUT2D eigenvalue weighted by Crippen LogP contribution is 2.38. The van der Waals surface area contributed by atoms with Crippen LogP contribution >= 0.6 is 0 Å². The molecular weight excluding hydrogens is 544 g/mol. The van der Waals surface area contributed by atoms with E-state index in [1.165, 1.54) is 40.5 Å². The van der Waals surface area contributed by atoms with Crippen LogP contribution in [0.1, 0.15) is 65.5 Å². The van der Waals surface area contributed by atoms with Gasteiger partial charge < -0.3 is 33.1 Å². The second kappa shape index (κ2) is 13.6. The number of allylic oxidation sites excluding steroid dienone is 4. The van der Waals surface area contributed by atoms with Gasteiger partial charge in [0.1, 0.15) is 11.5 Å². The maximum Gasteiger partial charge on any atom is 0.119 e. The van der Waals surface area contributed by atoms with Crippen molar-refractivity contribution in [1.82, 2.24) is 0 Å². The van der Waals surface area contributed by atoms with Crippen LogP contribution < -0.4 is 22.9 Å². The van der Waals surface area contributed by atoms with Crippen LogP contribution in [0.4, 0.5) is 11.4 Å². The van der Waals surface area contributed by atoms with Gasteiger partial charge in [0.05, 0.1) is 0 Å². The van der Waals surface area contributed by atoms with E-state index in [1.807, 2.05) is 48.5 Å². The fraction of sp³-hybridized carbons (Fsp3) is 0.316. The van der Waals surface area contributed by atoms with Crippen molar-refractivity contribution in [2.45, 2.75) is 65.5 Å². The van der Waals surface area contributed by atoms with Gasteiger partial charge >= 0.3 is 0 Å². The van der Waals surface area contributed by atoms with E-state index in [4.69, 9.17) is 33.1 Å². The van der Waals surface area contributed by atoms with Crippen molar-refractivity contribution in [1.29, 1.82) is 0 Å². The number of phenolic OH excluding ortho intramolecular Hbond substituents is 2. The third-order valence-electron chi connectivity index (χ3n) is 8.55. The summed E-state index contributed by atoms with van der Waals surface area (Å²) in [4.78, 5) is 0. The Kier molecular flexibility index (Phi) is 10.6. The van der Waals surface area contributed by atoms with Gasteiger partial charge in [-0.05, 0) is 82.3 Å². The van der Waals surface area contributed by atoms with Crippen molar-refractivity contribution >= 4 is 22.5 Å². The van der Waals surface area contributed by atoms with Gasteiger partial charge in [-0.3, -0.25) is 0 Å². The molecule has 0 aromatic heterocycles. The summed E-state index contributed by atoms with van der Waals surface area (Å²) in [5.41, 5.74) is 30.3. The summed E-state index contributed by atoms with van der Waals surface area (Å²) < 4.78 is 0. The minimum Gasteiger partial charge on any atom is -0.508 e. The molecule has 0 heterocycles. The maximum atomic E-state index is 8.65. The van der Waals surface area contributed by atoms with Gasteiger partial charge in [0.25, 0.3) is 0 Å². The molecule has 2 aliphatic rings. The van der Waals surface area contributed by atoms with Crippen LogP contribution in [0.2, 0.25) is 0 Å². The average molecular weight is 595 g/mol. The third kappa shape index (κ3) is 8.88. The van der Waals surface area contributed by atoms with E-state index in [9.17, 15) is 0 Å². The molecule has 2 atom stereocenters. The van der Waals surface area contributed by atoms with Crippen molar-refractivity contribution in [3.05, 3.63) is 120 Å². The Morgan fingerprint density at radius 3 is 1.14 bits per heavy atom. The normalized spacial score (nSPS) is 21.2. The molecule has 0 radical (unpaired) electrons. The predicted molar refractivity (Wildman–Crippen MR) is 188 cm³/mol. The molecule has 2 aliphatic carbocycles. The monoisotopic (exact) mass is 594 g/mol. The van der Waals surface area contributed by atoms with Crippen molar-refractivity contribution in [2.75, 3.05) is 11.5 Å². The molecule has 0 saturated heterocycles. The Bertz CT molecular complexity index is 1410. The lowest BCUT2D eigenvalue weighted by molar-refractivity contribution is 0.242. The molecule has 10 N–H and O–H groups in total. The number of nitrogens with two attached hydrogens (primary N) is 4. The standard InChI is InChI=1S/2C16H22N2.C6H6O2/c2*1-15(2,3)16(18)10-8-13(9-11-16)12-4-6-14(17)7-5-12;7-5-2-1-3-6(8)4-5/h2*4-10H,11,17-18H2,1-3H3;1-4,7-8H. The quantitative estimate of drug-likeness (QED) is 0.167. The van der Waals surface area contributed by atoms with Crippen LogP contribution in [0.25, 0.3) is 11.1 Å². The zero-order valence-electron chi connectivity index (χ0n) is 27.0. The molecule has 6 heteroatoms. The highest BCUT2D eigenvalue weighted by Gasteiger charge is 2.37. The van der Waals surface area contributed by atoms with Crippen LogP contribution in [0, 0.1) is 10.8 Å². The van der Waals surface area contributed by atoms with Gasteiger partial charge in [-0.15, -0.1) is 0 Å². The molecular formula is C38H50N4O2. The molecule has 0 amide bonds. The summed E-state index contributed by atoms with van der Waals surface area (Å²) in [6.45, 7) is 13.1. The lowest BCUT2D eigenvalue weighted by Gasteiger charge is -2.40. The number of nitrogen functional groups attached to an aromatic ring is 2. The Balaban J connectivity index is 0.000000194. The first kappa shape index (κ1) is 34.2. The average Bonchev–Trinajstić information content (AvgIpc) is 2.94. The number of phenols is 2. The molecule has 3 aromatic rings. The molecule has 234 valence electrons. The van der Waals surface area contributed by atoms with Gasteiger partial charge in [0.2, 0.25) is 0 Å². The number of aromatic hydroxyl groups is 2. The molecule has 6 nitrogen and oxygen atoms in total. The molecule has 0 aliphatic heterocycles. The molecule has 0 spiro atoms. The minimum absolute atomic E-state index is 0.0621. The Morgan fingerprint density at radius 1 is 0.568 bits per heavy atom. The molecule has 2 unspecified atom stereocenters. The largest absolute Gasteiger partial charge is 0.508 e.